The van der Waals surface area contributed by atoms with E-state index in [0.717, 1.165) is 5.57 Å². The largest absolute Gasteiger partial charge is 0.460 e. The maximum atomic E-state index is 15.2. The van der Waals surface area contributed by atoms with E-state index < -0.39 is 92.7 Å². The first-order valence-electron chi connectivity index (χ1n) is 20.9. The molecule has 1 N–H and O–H groups in total. The Kier molecular flexibility index (Phi) is 14.6. The maximum Gasteiger partial charge on any atom is 0.332 e. The molecule has 0 spiro atoms. The van der Waals surface area contributed by atoms with Crippen LogP contribution >= 0.6 is 0 Å². The summed E-state index contributed by atoms with van der Waals surface area (Å²) in [5, 5.41) is 12.5. The number of hydrogen-bond donors (Lipinski definition) is 1. The van der Waals surface area contributed by atoms with E-state index in [-0.39, 0.29) is 70.2 Å². The molecule has 0 unspecified atom stereocenters. The van der Waals surface area contributed by atoms with Gasteiger partial charge in [-0.15, -0.1) is 0 Å². The number of aliphatic hydroxyl groups is 1. The van der Waals surface area contributed by atoms with Crippen LogP contribution < -0.4 is 0 Å². The van der Waals surface area contributed by atoms with Crippen molar-refractivity contribution in [3.63, 3.8) is 0 Å². The molecule has 14 heteroatoms. The van der Waals surface area contributed by atoms with Gasteiger partial charge in [0.15, 0.2) is 5.78 Å². The van der Waals surface area contributed by atoms with Crippen molar-refractivity contribution in [3.8, 4) is 0 Å². The summed E-state index contributed by atoms with van der Waals surface area (Å²) in [6.07, 6.45) is 0.227. The molecule has 14 nitrogen and oxygen atoms in total. The molecule has 3 fully saturated rings. The maximum absolute atomic E-state index is 15.2. The van der Waals surface area contributed by atoms with Crippen LogP contribution in [-0.4, -0.2) is 110 Å². The number of fused-ring (bicyclic) bond motifs is 5. The van der Waals surface area contributed by atoms with Crippen molar-refractivity contribution in [1.82, 2.24) is 0 Å². The molecule has 4 aliphatic carbocycles. The molecule has 3 saturated carbocycles. The van der Waals surface area contributed by atoms with Gasteiger partial charge in [-0.25, -0.2) is 14.4 Å². The van der Waals surface area contributed by atoms with Gasteiger partial charge >= 0.3 is 23.9 Å². The van der Waals surface area contributed by atoms with E-state index >= 15 is 4.79 Å². The van der Waals surface area contributed by atoms with Crippen molar-refractivity contribution in [3.05, 3.63) is 11.6 Å². The van der Waals surface area contributed by atoms with E-state index in [1.54, 1.807) is 34.6 Å². The van der Waals surface area contributed by atoms with E-state index in [1.165, 1.54) is 13.8 Å². The van der Waals surface area contributed by atoms with E-state index in [4.69, 9.17) is 33.2 Å². The highest BCUT2D eigenvalue weighted by atomic mass is 16.6. The highest BCUT2D eigenvalue weighted by molar-refractivity contribution is 5.90. The second kappa shape index (κ2) is 17.8. The first kappa shape index (κ1) is 47.5. The third kappa shape index (κ3) is 8.95. The van der Waals surface area contributed by atoms with Crippen molar-refractivity contribution in [2.24, 2.45) is 39.4 Å². The molecule has 0 aromatic heterocycles. The zero-order valence-electron chi connectivity index (χ0n) is 36.8. The Bertz CT molecular complexity index is 1610. The Morgan fingerprint density at radius 3 is 1.83 bits per heavy atom. The van der Waals surface area contributed by atoms with Crippen LogP contribution in [0.1, 0.15) is 122 Å². The number of carbonyl (C=O) groups excluding carboxylic acids is 6. The van der Waals surface area contributed by atoms with Gasteiger partial charge in [0.05, 0.1) is 0 Å². The van der Waals surface area contributed by atoms with Gasteiger partial charge in [-0.1, -0.05) is 46.3 Å². The number of carbonyl (C=O) groups is 6. The van der Waals surface area contributed by atoms with Crippen LogP contribution in [0.25, 0.3) is 0 Å². The summed E-state index contributed by atoms with van der Waals surface area (Å²) in [4.78, 5) is 80.6. The normalized spacial score (nSPS) is 33.7. The number of ether oxygens (including phenoxy) is 7. The predicted octanol–water partition coefficient (Wildman–Crippen LogP) is 5.28. The van der Waals surface area contributed by atoms with Crippen molar-refractivity contribution in [1.29, 1.82) is 0 Å². The molecule has 0 heterocycles. The van der Waals surface area contributed by atoms with E-state index in [9.17, 15) is 29.1 Å². The zero-order chi connectivity index (χ0) is 43.6. The predicted molar refractivity (Wildman–Crippen MR) is 210 cm³/mol. The molecule has 0 aliphatic heterocycles. The molecular formula is C44H68O14. The van der Waals surface area contributed by atoms with Gasteiger partial charge in [-0.3, -0.25) is 14.4 Å². The molecule has 0 amide bonds. The SMILES string of the molecule is CCOCC(=O)O[C@H]1C[C@@H]2C(=CC[C@@H]3[C@@]2(C)C(=O)C[C@]2(C)[C@@H]([C@@](C)(O)C(=O)CCC(C)(C)OC(C)=O)[C@H](OC(=O)COCC)C[C@@]32C)C(C)(C)[C@@H]1OC(=O)COCC. The van der Waals surface area contributed by atoms with Gasteiger partial charge in [0.25, 0.3) is 0 Å². The average Bonchev–Trinajstić information content (AvgIpc) is 3.34. The fourth-order valence-corrected chi connectivity index (χ4v) is 11.3. The molecule has 0 aromatic carbocycles. The summed E-state index contributed by atoms with van der Waals surface area (Å²) in [5.74, 6) is -4.73. The molecule has 10 atom stereocenters. The molecule has 0 bridgehead atoms. The zero-order valence-corrected chi connectivity index (χ0v) is 36.8. The van der Waals surface area contributed by atoms with Crippen LogP contribution in [0.5, 0.6) is 0 Å². The van der Waals surface area contributed by atoms with Crippen LogP contribution in [-0.2, 0) is 61.9 Å². The smallest absolute Gasteiger partial charge is 0.332 e. The lowest BCUT2D eigenvalue weighted by molar-refractivity contribution is -0.201. The van der Waals surface area contributed by atoms with Gasteiger partial charge in [-0.2, -0.15) is 0 Å². The number of ketones is 2. The first-order valence-corrected chi connectivity index (χ1v) is 20.9. The van der Waals surface area contributed by atoms with Crippen molar-refractivity contribution < 1.29 is 67.0 Å². The lowest BCUT2D eigenvalue weighted by atomic mass is 9.38. The van der Waals surface area contributed by atoms with Crippen molar-refractivity contribution >= 4 is 35.4 Å². The third-order valence-corrected chi connectivity index (χ3v) is 14.2. The molecular weight excluding hydrogens is 752 g/mol. The minimum absolute atomic E-state index is 0.0329. The molecule has 4 rings (SSSR count). The number of rotatable bonds is 18. The topological polar surface area (TPSA) is 187 Å². The summed E-state index contributed by atoms with van der Waals surface area (Å²) in [6.45, 7) is 21.2. The fraction of sp³-hybridized carbons (Fsp3) is 0.818. The Balaban J connectivity index is 1.80. The monoisotopic (exact) mass is 820 g/mol. The third-order valence-electron chi connectivity index (χ3n) is 14.2. The summed E-state index contributed by atoms with van der Waals surface area (Å²) >= 11 is 0. The quantitative estimate of drug-likeness (QED) is 0.107. The average molecular weight is 821 g/mol. The number of hydrogen-bond acceptors (Lipinski definition) is 14. The molecule has 328 valence electrons. The molecule has 0 saturated heterocycles. The van der Waals surface area contributed by atoms with Crippen LogP contribution in [0, 0.1) is 39.4 Å². The second-order valence-electron chi connectivity index (χ2n) is 18.7. The van der Waals surface area contributed by atoms with Gasteiger partial charge in [-0.05, 0) is 89.9 Å². The van der Waals surface area contributed by atoms with E-state index in [2.05, 4.69) is 13.0 Å². The standard InChI is InChI=1S/C44H68O14/c1-13-52-23-34(48)55-29-20-28-27(40(7,8)38(29)57-36(50)25-54-15-3)16-17-31-41(9)21-30(56-35(49)24-53-14-2)37(42(41,10)22-33(47)43(28,31)11)44(12,51)32(46)18-19-39(5,6)58-26(4)45/h16,28-31,37-38,51H,13-15,17-25H2,1-12H3/t28-,29+,30-,31+,37+,38-,41+,42-,43+,44+/m1/s1. The van der Waals surface area contributed by atoms with Crippen LogP contribution in [0.3, 0.4) is 0 Å². The Morgan fingerprint density at radius 1 is 0.793 bits per heavy atom. The van der Waals surface area contributed by atoms with Crippen molar-refractivity contribution in [2.75, 3.05) is 39.6 Å². The van der Waals surface area contributed by atoms with Crippen LogP contribution in [0.2, 0.25) is 0 Å². The Labute approximate surface area is 343 Å². The number of allylic oxidation sites excluding steroid dienone is 1. The fourth-order valence-electron chi connectivity index (χ4n) is 11.3. The highest BCUT2D eigenvalue weighted by Gasteiger charge is 2.75. The minimum Gasteiger partial charge on any atom is -0.460 e. The lowest BCUT2D eigenvalue weighted by Crippen LogP contribution is -2.66. The van der Waals surface area contributed by atoms with Crippen LogP contribution in [0.15, 0.2) is 11.6 Å². The molecule has 58 heavy (non-hydrogen) atoms. The van der Waals surface area contributed by atoms with Gasteiger partial charge in [0, 0.05) is 56.3 Å². The van der Waals surface area contributed by atoms with E-state index in [0.29, 0.717) is 19.6 Å². The summed E-state index contributed by atoms with van der Waals surface area (Å²) in [5.41, 5.74) is -5.82. The van der Waals surface area contributed by atoms with Gasteiger partial charge < -0.3 is 38.3 Å². The molecule has 0 radical (unpaired) electrons. The summed E-state index contributed by atoms with van der Waals surface area (Å²) < 4.78 is 39.7. The second-order valence-corrected chi connectivity index (χ2v) is 18.7. The summed E-state index contributed by atoms with van der Waals surface area (Å²) in [7, 11) is 0. The Morgan fingerprint density at radius 2 is 1.31 bits per heavy atom. The number of Topliss-reactive ketones (excluding diaryl/α,β-unsaturated/α-hetero) is 2. The highest BCUT2D eigenvalue weighted by Crippen LogP contribution is 2.74. The molecule has 4 aliphatic rings. The van der Waals surface area contributed by atoms with E-state index in [1.807, 2.05) is 27.7 Å². The lowest BCUT2D eigenvalue weighted by Gasteiger charge is -2.65. The molecule has 0 aromatic rings. The van der Waals surface area contributed by atoms with Gasteiger partial charge in [0.1, 0.15) is 55.1 Å². The van der Waals surface area contributed by atoms with Gasteiger partial charge in [0.2, 0.25) is 0 Å². The number of esters is 4. The first-order chi connectivity index (χ1) is 26.9. The minimum atomic E-state index is -2.05. The Hall–Kier alpha value is -3.20. The van der Waals surface area contributed by atoms with Crippen molar-refractivity contribution in [2.45, 2.75) is 151 Å². The van der Waals surface area contributed by atoms with Crippen LogP contribution in [0.4, 0.5) is 0 Å². The summed E-state index contributed by atoms with van der Waals surface area (Å²) in [6, 6.07) is 0.